The summed E-state index contributed by atoms with van der Waals surface area (Å²) in [6.45, 7) is 0.253. The molecule has 0 radical (unpaired) electrons. The molecule has 0 aliphatic heterocycles. The fraction of sp³-hybridized carbons (Fsp3) is 0.100. The first-order valence-corrected chi connectivity index (χ1v) is 6.57. The molecule has 0 spiro atoms. The number of nitrogens with two attached hydrogens (primary N) is 1. The summed E-state index contributed by atoms with van der Waals surface area (Å²) in [6, 6.07) is 3.42. The van der Waals surface area contributed by atoms with Gasteiger partial charge in [0.25, 0.3) is 0 Å². The highest BCUT2D eigenvalue weighted by Crippen LogP contribution is 2.10. The average Bonchev–Trinajstić information content (AvgIpc) is 2.97. The summed E-state index contributed by atoms with van der Waals surface area (Å²) in [5.74, 6) is -0.356. The molecule has 0 saturated carbocycles. The van der Waals surface area contributed by atoms with Crippen LogP contribution in [0.3, 0.4) is 0 Å². The average molecular weight is 329 g/mol. The Labute approximate surface area is 115 Å². The van der Waals surface area contributed by atoms with E-state index in [-0.39, 0.29) is 12.4 Å². The largest absolute Gasteiger partial charge is 0.383 e. The molecule has 8 heteroatoms. The highest BCUT2D eigenvalue weighted by atomic mass is 79.9. The second-order valence-electron chi connectivity index (χ2n) is 3.29. The second kappa shape index (κ2) is 5.78. The summed E-state index contributed by atoms with van der Waals surface area (Å²) >= 11 is 4.54. The fourth-order valence-electron chi connectivity index (χ4n) is 1.16. The second-order valence-corrected chi connectivity index (χ2v) is 5.16. The molecular weight excluding hydrogens is 320 g/mol. The van der Waals surface area contributed by atoms with E-state index in [2.05, 4.69) is 26.2 Å². The quantitative estimate of drug-likeness (QED) is 0.402. The zero-order valence-corrected chi connectivity index (χ0v) is 11.5. The Hall–Kier alpha value is -1.67. The summed E-state index contributed by atoms with van der Waals surface area (Å²) < 4.78 is 2.41. The van der Waals surface area contributed by atoms with Crippen molar-refractivity contribution in [3.63, 3.8) is 0 Å². The Bertz CT molecular complexity index is 564. The van der Waals surface area contributed by atoms with Crippen molar-refractivity contribution in [2.75, 3.05) is 0 Å². The number of oxime groups is 1. The molecular formula is C10H9BrN4O2S. The standard InChI is InChI=1S/C10H9BrN4O2S/c11-7-4-13-15(5-7)6-9(12)14-17-10(16)8-2-1-3-18-8/h1-5H,6H2,(H2,12,14). The van der Waals surface area contributed by atoms with Gasteiger partial charge in [-0.25, -0.2) is 4.79 Å². The molecule has 2 aromatic heterocycles. The number of hydrogen-bond acceptors (Lipinski definition) is 5. The van der Waals surface area contributed by atoms with Crippen molar-refractivity contribution in [1.29, 1.82) is 0 Å². The van der Waals surface area contributed by atoms with Crippen LogP contribution in [0.5, 0.6) is 0 Å². The van der Waals surface area contributed by atoms with Crippen LogP contribution in [0.1, 0.15) is 9.67 Å². The molecule has 0 amide bonds. The molecule has 0 fully saturated rings. The zero-order valence-electron chi connectivity index (χ0n) is 9.12. The molecule has 18 heavy (non-hydrogen) atoms. The molecule has 0 atom stereocenters. The minimum atomic E-state index is -0.519. The van der Waals surface area contributed by atoms with E-state index < -0.39 is 5.97 Å². The van der Waals surface area contributed by atoms with E-state index >= 15 is 0 Å². The van der Waals surface area contributed by atoms with Crippen molar-refractivity contribution in [2.24, 2.45) is 10.9 Å². The first kappa shape index (κ1) is 12.8. The van der Waals surface area contributed by atoms with Crippen LogP contribution in [0.4, 0.5) is 0 Å². The Kier molecular flexibility index (Phi) is 4.11. The molecule has 2 aromatic rings. The van der Waals surface area contributed by atoms with Crippen molar-refractivity contribution in [3.05, 3.63) is 39.3 Å². The molecule has 0 saturated heterocycles. The van der Waals surface area contributed by atoms with Crippen LogP contribution in [0.25, 0.3) is 0 Å². The molecule has 2 heterocycles. The van der Waals surface area contributed by atoms with Crippen molar-refractivity contribution in [3.8, 4) is 0 Å². The Balaban J connectivity index is 1.91. The predicted octanol–water partition coefficient (Wildman–Crippen LogP) is 1.84. The van der Waals surface area contributed by atoms with Crippen LogP contribution in [0.2, 0.25) is 0 Å². The van der Waals surface area contributed by atoms with Gasteiger partial charge in [0, 0.05) is 6.20 Å². The number of rotatable bonds is 4. The lowest BCUT2D eigenvalue weighted by Crippen LogP contribution is -2.20. The van der Waals surface area contributed by atoms with Crippen LogP contribution in [-0.2, 0) is 11.4 Å². The van der Waals surface area contributed by atoms with E-state index in [4.69, 9.17) is 10.6 Å². The van der Waals surface area contributed by atoms with E-state index in [1.54, 1.807) is 34.6 Å². The lowest BCUT2D eigenvalue weighted by atomic mass is 10.5. The van der Waals surface area contributed by atoms with E-state index in [1.807, 2.05) is 0 Å². The normalized spacial score (nSPS) is 11.5. The summed E-state index contributed by atoms with van der Waals surface area (Å²) in [4.78, 5) is 16.7. The predicted molar refractivity (Wildman–Crippen MR) is 71.3 cm³/mol. The third kappa shape index (κ3) is 3.41. The highest BCUT2D eigenvalue weighted by Gasteiger charge is 2.08. The summed E-state index contributed by atoms with van der Waals surface area (Å²) in [5, 5.41) is 9.35. The van der Waals surface area contributed by atoms with Crippen LogP contribution < -0.4 is 5.73 Å². The molecule has 0 aliphatic rings. The first-order chi connectivity index (χ1) is 8.65. The van der Waals surface area contributed by atoms with Crippen LogP contribution in [-0.4, -0.2) is 21.6 Å². The van der Waals surface area contributed by atoms with Gasteiger partial charge in [0.2, 0.25) is 0 Å². The molecule has 94 valence electrons. The molecule has 6 nitrogen and oxygen atoms in total. The van der Waals surface area contributed by atoms with E-state index in [0.717, 1.165) is 4.47 Å². The van der Waals surface area contributed by atoms with Gasteiger partial charge in [0.05, 0.1) is 10.7 Å². The third-order valence-electron chi connectivity index (χ3n) is 1.89. The minimum Gasteiger partial charge on any atom is -0.383 e. The summed E-state index contributed by atoms with van der Waals surface area (Å²) in [7, 11) is 0. The van der Waals surface area contributed by atoms with Gasteiger partial charge < -0.3 is 10.6 Å². The number of amidine groups is 1. The number of thiophene rings is 1. The lowest BCUT2D eigenvalue weighted by molar-refractivity contribution is 0.0520. The first-order valence-electron chi connectivity index (χ1n) is 4.90. The van der Waals surface area contributed by atoms with Gasteiger partial charge in [0.15, 0.2) is 5.84 Å². The maximum absolute atomic E-state index is 11.5. The van der Waals surface area contributed by atoms with E-state index in [1.165, 1.54) is 11.3 Å². The minimum absolute atomic E-state index is 0.163. The molecule has 2 rings (SSSR count). The molecule has 0 bridgehead atoms. The van der Waals surface area contributed by atoms with Crippen LogP contribution in [0.15, 0.2) is 39.5 Å². The molecule has 0 aromatic carbocycles. The van der Waals surface area contributed by atoms with Gasteiger partial charge in [-0.2, -0.15) is 5.10 Å². The van der Waals surface area contributed by atoms with E-state index in [0.29, 0.717) is 4.88 Å². The molecule has 0 unspecified atom stereocenters. The van der Waals surface area contributed by atoms with Crippen molar-refractivity contribution < 1.29 is 9.63 Å². The molecule has 0 aliphatic carbocycles. The van der Waals surface area contributed by atoms with Gasteiger partial charge in [-0.3, -0.25) is 4.68 Å². The Morgan fingerprint density at radius 2 is 2.50 bits per heavy atom. The lowest BCUT2D eigenvalue weighted by Gasteiger charge is -2.00. The number of carbonyl (C=O) groups is 1. The SMILES string of the molecule is N/C(Cn1cc(Br)cn1)=N\OC(=O)c1cccs1. The number of carbonyl (C=O) groups excluding carboxylic acids is 1. The van der Waals surface area contributed by atoms with Gasteiger partial charge in [-0.1, -0.05) is 11.2 Å². The van der Waals surface area contributed by atoms with E-state index in [9.17, 15) is 4.79 Å². The van der Waals surface area contributed by atoms with Gasteiger partial charge in [-0.15, -0.1) is 11.3 Å². The van der Waals surface area contributed by atoms with Crippen molar-refractivity contribution in [1.82, 2.24) is 9.78 Å². The van der Waals surface area contributed by atoms with Crippen LogP contribution in [0, 0.1) is 0 Å². The maximum atomic E-state index is 11.5. The topological polar surface area (TPSA) is 82.5 Å². The highest BCUT2D eigenvalue weighted by molar-refractivity contribution is 9.10. The number of nitrogens with zero attached hydrogens (tertiary/aromatic N) is 3. The smallest absolute Gasteiger partial charge is 0.375 e. The van der Waals surface area contributed by atoms with Crippen molar-refractivity contribution in [2.45, 2.75) is 6.54 Å². The summed E-state index contributed by atoms with van der Waals surface area (Å²) in [6.07, 6.45) is 3.37. The summed E-state index contributed by atoms with van der Waals surface area (Å²) in [5.41, 5.74) is 5.62. The monoisotopic (exact) mass is 328 g/mol. The zero-order chi connectivity index (χ0) is 13.0. The number of hydrogen-bond donors (Lipinski definition) is 1. The Morgan fingerprint density at radius 3 is 3.11 bits per heavy atom. The van der Waals surface area contributed by atoms with Crippen LogP contribution >= 0.6 is 27.3 Å². The van der Waals surface area contributed by atoms with Gasteiger partial charge in [0.1, 0.15) is 11.4 Å². The maximum Gasteiger partial charge on any atom is 0.375 e. The number of halogens is 1. The molecule has 2 N–H and O–H groups in total. The van der Waals surface area contributed by atoms with Gasteiger partial charge >= 0.3 is 5.97 Å². The van der Waals surface area contributed by atoms with Gasteiger partial charge in [-0.05, 0) is 27.4 Å². The van der Waals surface area contributed by atoms with Crippen molar-refractivity contribution >= 4 is 39.1 Å². The number of aromatic nitrogens is 2. The Morgan fingerprint density at radius 1 is 1.67 bits per heavy atom. The third-order valence-corrected chi connectivity index (χ3v) is 3.15. The fourth-order valence-corrected chi connectivity index (χ4v) is 2.08.